The number of aromatic amines is 1. The molecule has 2 aromatic rings. The number of fused-ring (bicyclic) bond motifs is 1. The third-order valence-corrected chi connectivity index (χ3v) is 3.98. The molecule has 3 rings (SSSR count). The first kappa shape index (κ1) is 14.2. The van der Waals surface area contributed by atoms with Gasteiger partial charge in [0.05, 0.1) is 12.0 Å². The van der Waals surface area contributed by atoms with Gasteiger partial charge in [-0.3, -0.25) is 0 Å². The number of nitrogens with zero attached hydrogens (tertiary/aromatic N) is 2. The van der Waals surface area contributed by atoms with E-state index in [9.17, 15) is 15.3 Å². The number of hydrogen-bond donors (Lipinski definition) is 5. The van der Waals surface area contributed by atoms with E-state index >= 15 is 0 Å². The average molecular weight is 294 g/mol. The number of aliphatic hydroxyl groups excluding tert-OH is 2. The molecule has 8 nitrogen and oxygen atoms in total. The molecule has 3 heterocycles. The van der Waals surface area contributed by atoms with Crippen LogP contribution in [0.5, 0.6) is 0 Å². The number of aromatic nitrogens is 3. The van der Waals surface area contributed by atoms with Crippen LogP contribution >= 0.6 is 0 Å². The molecule has 0 saturated carbocycles. The van der Waals surface area contributed by atoms with Gasteiger partial charge in [0.15, 0.2) is 5.82 Å². The van der Waals surface area contributed by atoms with Crippen molar-refractivity contribution in [3.63, 3.8) is 0 Å². The summed E-state index contributed by atoms with van der Waals surface area (Å²) in [6.45, 7) is 2.89. The van der Waals surface area contributed by atoms with E-state index in [0.29, 0.717) is 5.65 Å². The summed E-state index contributed by atoms with van der Waals surface area (Å²) >= 11 is 0. The predicted molar refractivity (Wildman–Crippen MR) is 74.4 cm³/mol. The number of anilines is 1. The number of hydrogen-bond acceptors (Lipinski definition) is 7. The molecule has 0 amide bonds. The van der Waals surface area contributed by atoms with Gasteiger partial charge in [0.2, 0.25) is 0 Å². The van der Waals surface area contributed by atoms with Gasteiger partial charge in [0.1, 0.15) is 35.4 Å². The fourth-order valence-electron chi connectivity index (χ4n) is 2.74. The maximum absolute atomic E-state index is 10.4. The van der Waals surface area contributed by atoms with Gasteiger partial charge in [-0.05, 0) is 19.4 Å². The van der Waals surface area contributed by atoms with Crippen molar-refractivity contribution in [1.82, 2.24) is 15.0 Å². The van der Waals surface area contributed by atoms with Crippen LogP contribution in [0.15, 0.2) is 6.20 Å². The number of ether oxygens (including phenoxy) is 1. The molecule has 0 radical (unpaired) electrons. The monoisotopic (exact) mass is 294 g/mol. The summed E-state index contributed by atoms with van der Waals surface area (Å²) in [4.78, 5) is 11.5. The predicted octanol–water partition coefficient (Wildman–Crippen LogP) is -0.607. The van der Waals surface area contributed by atoms with Crippen LogP contribution in [0.4, 0.5) is 5.82 Å². The minimum atomic E-state index is -1.62. The molecule has 0 aromatic carbocycles. The van der Waals surface area contributed by atoms with E-state index in [1.54, 1.807) is 6.20 Å². The number of nitrogens with two attached hydrogens (primary N) is 1. The Morgan fingerprint density at radius 3 is 2.81 bits per heavy atom. The molecule has 1 fully saturated rings. The van der Waals surface area contributed by atoms with Crippen molar-refractivity contribution < 1.29 is 20.1 Å². The lowest BCUT2D eigenvalue weighted by Crippen LogP contribution is -2.43. The van der Waals surface area contributed by atoms with E-state index < -0.39 is 30.5 Å². The second kappa shape index (κ2) is 4.63. The van der Waals surface area contributed by atoms with E-state index in [1.165, 1.54) is 6.92 Å². The van der Waals surface area contributed by atoms with Gasteiger partial charge in [-0.15, -0.1) is 0 Å². The Morgan fingerprint density at radius 1 is 1.48 bits per heavy atom. The topological polar surface area (TPSA) is 138 Å². The van der Waals surface area contributed by atoms with Gasteiger partial charge in [0.25, 0.3) is 0 Å². The Morgan fingerprint density at radius 2 is 2.19 bits per heavy atom. The molecule has 114 valence electrons. The lowest BCUT2D eigenvalue weighted by Gasteiger charge is -2.25. The largest absolute Gasteiger partial charge is 0.394 e. The number of nitrogens with one attached hydrogen (secondary N) is 1. The first-order valence-corrected chi connectivity index (χ1v) is 6.64. The van der Waals surface area contributed by atoms with Crippen LogP contribution in [0.25, 0.3) is 11.0 Å². The maximum atomic E-state index is 10.4. The summed E-state index contributed by atoms with van der Waals surface area (Å²) in [7, 11) is 0. The minimum Gasteiger partial charge on any atom is -0.394 e. The highest BCUT2D eigenvalue weighted by Gasteiger charge is 2.53. The van der Waals surface area contributed by atoms with Crippen molar-refractivity contribution in [2.75, 3.05) is 12.3 Å². The number of nitrogen functional groups attached to an aromatic ring is 1. The normalized spacial score (nSPS) is 32.9. The highest BCUT2D eigenvalue weighted by molar-refractivity contribution is 5.89. The summed E-state index contributed by atoms with van der Waals surface area (Å²) in [5, 5.41) is 30.3. The lowest BCUT2D eigenvalue weighted by molar-refractivity contribution is -0.0673. The second-order valence-corrected chi connectivity index (χ2v) is 5.57. The molecule has 1 aliphatic heterocycles. The minimum absolute atomic E-state index is 0.168. The molecular weight excluding hydrogens is 276 g/mol. The number of rotatable bonds is 2. The van der Waals surface area contributed by atoms with Crippen molar-refractivity contribution >= 4 is 16.9 Å². The summed E-state index contributed by atoms with van der Waals surface area (Å²) in [5.74, 6) is 0.442. The van der Waals surface area contributed by atoms with Crippen LogP contribution in [0, 0.1) is 6.92 Å². The summed E-state index contributed by atoms with van der Waals surface area (Å²) in [6.07, 6.45) is -1.34. The summed E-state index contributed by atoms with van der Waals surface area (Å²) in [6, 6.07) is 0. The number of H-pyrrole nitrogens is 1. The molecular formula is C13H18N4O4. The van der Waals surface area contributed by atoms with Crippen LogP contribution in [-0.2, 0) is 4.74 Å². The van der Waals surface area contributed by atoms with Crippen LogP contribution in [-0.4, -0.2) is 54.7 Å². The summed E-state index contributed by atoms with van der Waals surface area (Å²) < 4.78 is 5.49. The first-order chi connectivity index (χ1) is 9.86. The van der Waals surface area contributed by atoms with Crippen LogP contribution in [0.2, 0.25) is 0 Å². The van der Waals surface area contributed by atoms with Gasteiger partial charge in [-0.2, -0.15) is 0 Å². The van der Waals surface area contributed by atoms with Crippen LogP contribution in [0.1, 0.15) is 24.4 Å². The third kappa shape index (κ3) is 1.99. The van der Waals surface area contributed by atoms with Crippen molar-refractivity contribution in [3.05, 3.63) is 17.6 Å². The molecule has 6 N–H and O–H groups in total. The van der Waals surface area contributed by atoms with E-state index in [-0.39, 0.29) is 11.6 Å². The number of aryl methyl sites for hydroxylation is 1. The zero-order valence-corrected chi connectivity index (χ0v) is 11.7. The van der Waals surface area contributed by atoms with E-state index in [4.69, 9.17) is 10.5 Å². The molecule has 2 aromatic heterocycles. The fourth-order valence-corrected chi connectivity index (χ4v) is 2.74. The molecule has 1 aliphatic rings. The standard InChI is InChI=1S/C13H18N4O4/c1-5-3-15-11-7(5)10(14)16-12(17-11)9-13(2,20)8(19)6(4-18)21-9/h3,6,8-9,18-20H,4H2,1-2H3,(H3,14,15,16,17)/t6-,8-,9+,13-/m1/s1. The molecule has 4 atom stereocenters. The van der Waals surface area contributed by atoms with E-state index in [1.807, 2.05) is 6.92 Å². The van der Waals surface area contributed by atoms with Crippen molar-refractivity contribution in [1.29, 1.82) is 0 Å². The summed E-state index contributed by atoms with van der Waals surface area (Å²) in [5.41, 5.74) is 5.78. The fraction of sp³-hybridized carbons (Fsp3) is 0.538. The van der Waals surface area contributed by atoms with E-state index in [0.717, 1.165) is 10.9 Å². The molecule has 0 unspecified atom stereocenters. The first-order valence-electron chi connectivity index (χ1n) is 6.64. The Bertz CT molecular complexity index is 684. The van der Waals surface area contributed by atoms with Crippen molar-refractivity contribution in [3.8, 4) is 0 Å². The highest BCUT2D eigenvalue weighted by atomic mass is 16.6. The Kier molecular flexibility index (Phi) is 3.14. The smallest absolute Gasteiger partial charge is 0.165 e. The molecule has 1 saturated heterocycles. The third-order valence-electron chi connectivity index (χ3n) is 3.98. The lowest BCUT2D eigenvalue weighted by atomic mass is 9.92. The Hall–Kier alpha value is -1.74. The zero-order valence-electron chi connectivity index (χ0n) is 11.7. The molecule has 0 aliphatic carbocycles. The SMILES string of the molecule is Cc1c[nH]c2nc([C@@H]3O[C@H](CO)[C@@H](O)[C@@]3(C)O)nc(N)c12. The van der Waals surface area contributed by atoms with Gasteiger partial charge in [0, 0.05) is 6.20 Å². The van der Waals surface area contributed by atoms with Gasteiger partial charge >= 0.3 is 0 Å². The van der Waals surface area contributed by atoms with Gasteiger partial charge in [-0.25, -0.2) is 9.97 Å². The molecule has 8 heteroatoms. The van der Waals surface area contributed by atoms with Gasteiger partial charge < -0.3 is 30.8 Å². The van der Waals surface area contributed by atoms with Crippen LogP contribution < -0.4 is 5.73 Å². The van der Waals surface area contributed by atoms with Crippen molar-refractivity contribution in [2.24, 2.45) is 0 Å². The second-order valence-electron chi connectivity index (χ2n) is 5.57. The van der Waals surface area contributed by atoms with Crippen LogP contribution in [0.3, 0.4) is 0 Å². The Labute approximate surface area is 120 Å². The molecule has 0 spiro atoms. The van der Waals surface area contributed by atoms with Gasteiger partial charge in [-0.1, -0.05) is 0 Å². The van der Waals surface area contributed by atoms with E-state index in [2.05, 4.69) is 15.0 Å². The molecule has 21 heavy (non-hydrogen) atoms. The highest BCUT2D eigenvalue weighted by Crippen LogP contribution is 2.40. The Balaban J connectivity index is 2.08. The maximum Gasteiger partial charge on any atom is 0.165 e. The molecule has 0 bridgehead atoms. The average Bonchev–Trinajstić information content (AvgIpc) is 2.90. The number of aliphatic hydroxyl groups is 3. The zero-order chi connectivity index (χ0) is 15.4. The quantitative estimate of drug-likeness (QED) is 0.498. The van der Waals surface area contributed by atoms with Crippen molar-refractivity contribution in [2.45, 2.75) is 37.8 Å².